The highest BCUT2D eigenvalue weighted by atomic mass is 16.2. The summed E-state index contributed by atoms with van der Waals surface area (Å²) in [5.74, 6) is -0.0316. The molecule has 5 heteroatoms. The van der Waals surface area contributed by atoms with Crippen LogP contribution in [-0.4, -0.2) is 48.9 Å². The van der Waals surface area contributed by atoms with Crippen LogP contribution >= 0.6 is 0 Å². The molecule has 0 aromatic rings. The van der Waals surface area contributed by atoms with Gasteiger partial charge in [-0.25, -0.2) is 0 Å². The molecule has 5 nitrogen and oxygen atoms in total. The quantitative estimate of drug-likeness (QED) is 0.752. The summed E-state index contributed by atoms with van der Waals surface area (Å²) in [7, 11) is 3.42. The lowest BCUT2D eigenvalue weighted by Gasteiger charge is -2.23. The third-order valence-corrected chi connectivity index (χ3v) is 3.41. The van der Waals surface area contributed by atoms with Gasteiger partial charge in [0, 0.05) is 20.1 Å². The van der Waals surface area contributed by atoms with E-state index < -0.39 is 0 Å². The van der Waals surface area contributed by atoms with E-state index in [0.717, 1.165) is 12.8 Å². The number of hydrogen-bond acceptors (Lipinski definition) is 3. The number of nitrogens with zero attached hydrogens (tertiary/aromatic N) is 1. The summed E-state index contributed by atoms with van der Waals surface area (Å²) in [6.07, 6.45) is 4.54. The Labute approximate surface area is 109 Å². The maximum absolute atomic E-state index is 11.9. The summed E-state index contributed by atoms with van der Waals surface area (Å²) in [6.45, 7) is 3.57. The van der Waals surface area contributed by atoms with Crippen molar-refractivity contribution in [3.05, 3.63) is 0 Å². The highest BCUT2D eigenvalue weighted by Crippen LogP contribution is 2.17. The molecule has 1 fully saturated rings. The van der Waals surface area contributed by atoms with Gasteiger partial charge in [-0.15, -0.1) is 0 Å². The summed E-state index contributed by atoms with van der Waals surface area (Å²) in [6, 6.07) is -0.365. The Hall–Kier alpha value is -1.10. The first-order valence-electron chi connectivity index (χ1n) is 6.69. The fraction of sp³-hybridized carbons (Fsp3) is 0.846. The van der Waals surface area contributed by atoms with Crippen molar-refractivity contribution in [3.63, 3.8) is 0 Å². The summed E-state index contributed by atoms with van der Waals surface area (Å²) in [5, 5.41) is 6.06. The van der Waals surface area contributed by atoms with E-state index in [4.69, 9.17) is 0 Å². The summed E-state index contributed by atoms with van der Waals surface area (Å²) >= 11 is 0. The Morgan fingerprint density at radius 2 is 1.67 bits per heavy atom. The van der Waals surface area contributed by atoms with Gasteiger partial charge in [0.2, 0.25) is 11.8 Å². The molecule has 0 spiro atoms. The van der Waals surface area contributed by atoms with Crippen molar-refractivity contribution in [3.8, 4) is 0 Å². The molecule has 2 unspecified atom stereocenters. The molecule has 0 heterocycles. The molecule has 0 aromatic carbocycles. The highest BCUT2D eigenvalue weighted by molar-refractivity contribution is 5.84. The van der Waals surface area contributed by atoms with Crippen LogP contribution in [0.4, 0.5) is 0 Å². The molecule has 1 saturated carbocycles. The van der Waals surface area contributed by atoms with Crippen molar-refractivity contribution in [2.24, 2.45) is 0 Å². The van der Waals surface area contributed by atoms with Crippen molar-refractivity contribution in [2.75, 3.05) is 14.1 Å². The molecule has 2 atom stereocenters. The predicted octanol–water partition coefficient (Wildman–Crippen LogP) is 0.500. The Balaban J connectivity index is 2.36. The molecule has 1 aliphatic carbocycles. The number of amides is 2. The second-order valence-electron chi connectivity index (χ2n) is 5.33. The van der Waals surface area contributed by atoms with E-state index in [1.165, 1.54) is 17.7 Å². The average Bonchev–Trinajstić information content (AvgIpc) is 2.80. The first-order chi connectivity index (χ1) is 8.41. The third-order valence-electron chi connectivity index (χ3n) is 3.41. The average molecular weight is 255 g/mol. The zero-order valence-electron chi connectivity index (χ0n) is 11.8. The molecule has 0 saturated heterocycles. The molecule has 0 aliphatic heterocycles. The smallest absolute Gasteiger partial charge is 0.238 e. The molecule has 2 amide bonds. The largest absolute Gasteiger partial charge is 0.352 e. The van der Waals surface area contributed by atoms with E-state index in [1.807, 2.05) is 0 Å². The zero-order valence-corrected chi connectivity index (χ0v) is 11.8. The van der Waals surface area contributed by atoms with E-state index in [1.54, 1.807) is 27.9 Å². The fourth-order valence-corrected chi connectivity index (χ4v) is 2.31. The molecule has 0 aromatic heterocycles. The topological polar surface area (TPSA) is 61.4 Å². The lowest BCUT2D eigenvalue weighted by molar-refractivity contribution is -0.131. The molecular weight excluding hydrogens is 230 g/mol. The van der Waals surface area contributed by atoms with Crippen LogP contribution in [-0.2, 0) is 9.59 Å². The Bertz CT molecular complexity index is 299. The molecule has 0 bridgehead atoms. The summed E-state index contributed by atoms with van der Waals surface area (Å²) in [4.78, 5) is 25.1. The van der Waals surface area contributed by atoms with Crippen molar-refractivity contribution >= 4 is 11.8 Å². The second-order valence-corrected chi connectivity index (χ2v) is 5.33. The Kier molecular flexibility index (Phi) is 5.59. The minimum Gasteiger partial charge on any atom is -0.352 e. The fourth-order valence-electron chi connectivity index (χ4n) is 2.31. The number of nitrogens with one attached hydrogen (secondary N) is 2. The van der Waals surface area contributed by atoms with Crippen LogP contribution in [0.3, 0.4) is 0 Å². The van der Waals surface area contributed by atoms with E-state index in [-0.39, 0.29) is 23.9 Å². The van der Waals surface area contributed by atoms with Gasteiger partial charge in [-0.05, 0) is 26.7 Å². The lowest BCUT2D eigenvalue weighted by atomic mass is 10.2. The molecule has 0 radical (unpaired) electrons. The van der Waals surface area contributed by atoms with Gasteiger partial charge in [0.25, 0.3) is 0 Å². The summed E-state index contributed by atoms with van der Waals surface area (Å²) < 4.78 is 0. The van der Waals surface area contributed by atoms with E-state index in [9.17, 15) is 9.59 Å². The normalized spacial score (nSPS) is 19.3. The van der Waals surface area contributed by atoms with E-state index in [2.05, 4.69) is 10.6 Å². The van der Waals surface area contributed by atoms with Gasteiger partial charge >= 0.3 is 0 Å². The van der Waals surface area contributed by atoms with Gasteiger partial charge in [0.1, 0.15) is 0 Å². The van der Waals surface area contributed by atoms with Gasteiger partial charge in [0.15, 0.2) is 0 Å². The van der Waals surface area contributed by atoms with Crippen LogP contribution in [0.5, 0.6) is 0 Å². The van der Waals surface area contributed by atoms with Crippen molar-refractivity contribution in [1.29, 1.82) is 0 Å². The van der Waals surface area contributed by atoms with Gasteiger partial charge in [0.05, 0.1) is 12.1 Å². The molecule has 1 aliphatic rings. The van der Waals surface area contributed by atoms with Crippen LogP contribution in [0.1, 0.15) is 39.5 Å². The minimum absolute atomic E-state index is 0.0136. The highest BCUT2D eigenvalue weighted by Gasteiger charge is 2.23. The maximum Gasteiger partial charge on any atom is 0.238 e. The van der Waals surface area contributed by atoms with Gasteiger partial charge in [-0.3, -0.25) is 14.9 Å². The lowest BCUT2D eigenvalue weighted by Crippen LogP contribution is -2.52. The Morgan fingerprint density at radius 1 is 1.11 bits per heavy atom. The van der Waals surface area contributed by atoms with Crippen molar-refractivity contribution < 1.29 is 9.59 Å². The Morgan fingerprint density at radius 3 is 2.17 bits per heavy atom. The van der Waals surface area contributed by atoms with Crippen LogP contribution in [0.25, 0.3) is 0 Å². The number of rotatable bonds is 5. The second kappa shape index (κ2) is 6.73. The van der Waals surface area contributed by atoms with Crippen LogP contribution in [0.2, 0.25) is 0 Å². The van der Waals surface area contributed by atoms with Gasteiger partial charge < -0.3 is 10.2 Å². The van der Waals surface area contributed by atoms with Crippen LogP contribution < -0.4 is 10.6 Å². The first-order valence-corrected chi connectivity index (χ1v) is 6.69. The monoisotopic (exact) mass is 255 g/mol. The van der Waals surface area contributed by atoms with Gasteiger partial charge in [-0.2, -0.15) is 0 Å². The number of carbonyl (C=O) groups is 2. The minimum atomic E-state index is -0.343. The third kappa shape index (κ3) is 4.29. The SMILES string of the molecule is CC(NC(C)C(=O)N(C)C)C(=O)NC1CCCC1. The predicted molar refractivity (Wildman–Crippen MR) is 71.2 cm³/mol. The number of hydrogen-bond donors (Lipinski definition) is 2. The van der Waals surface area contributed by atoms with Crippen molar-refractivity contribution in [2.45, 2.75) is 57.7 Å². The van der Waals surface area contributed by atoms with Crippen LogP contribution in [0, 0.1) is 0 Å². The molecule has 1 rings (SSSR count). The maximum atomic E-state index is 11.9. The summed E-state index contributed by atoms with van der Waals surface area (Å²) in [5.41, 5.74) is 0. The zero-order chi connectivity index (χ0) is 13.7. The van der Waals surface area contributed by atoms with Crippen molar-refractivity contribution in [1.82, 2.24) is 15.5 Å². The van der Waals surface area contributed by atoms with E-state index in [0.29, 0.717) is 6.04 Å². The molecule has 18 heavy (non-hydrogen) atoms. The standard InChI is InChI=1S/C13H25N3O2/c1-9(14-10(2)13(18)16(3)4)12(17)15-11-7-5-6-8-11/h9-11,14H,5-8H2,1-4H3,(H,15,17). The van der Waals surface area contributed by atoms with E-state index >= 15 is 0 Å². The molecular formula is C13H25N3O2. The number of carbonyl (C=O) groups excluding carboxylic acids is 2. The van der Waals surface area contributed by atoms with Gasteiger partial charge in [-0.1, -0.05) is 12.8 Å². The number of likely N-dealkylation sites (N-methyl/N-ethyl adjacent to an activating group) is 1. The van der Waals surface area contributed by atoms with Crippen LogP contribution in [0.15, 0.2) is 0 Å². The molecule has 104 valence electrons. The molecule has 2 N–H and O–H groups in total. The first kappa shape index (κ1) is 15.0.